The number of fused-ring (bicyclic) bond motifs is 2. The van der Waals surface area contributed by atoms with Gasteiger partial charge in [-0.25, -0.2) is 19.9 Å². The van der Waals surface area contributed by atoms with Gasteiger partial charge in [0.1, 0.15) is 29.3 Å². The second-order valence-corrected chi connectivity index (χ2v) is 18.5. The van der Waals surface area contributed by atoms with Crippen LogP contribution in [-0.2, 0) is 4.74 Å². The van der Waals surface area contributed by atoms with Crippen molar-refractivity contribution >= 4 is 83.3 Å². The molecule has 3 aromatic heterocycles. The van der Waals surface area contributed by atoms with E-state index in [2.05, 4.69) is 104 Å². The van der Waals surface area contributed by atoms with Crippen molar-refractivity contribution in [3.8, 4) is 0 Å². The van der Waals surface area contributed by atoms with Crippen LogP contribution in [0.5, 0.6) is 0 Å². The Bertz CT molecular complexity index is 2250. The summed E-state index contributed by atoms with van der Waals surface area (Å²) in [7, 11) is 0. The van der Waals surface area contributed by atoms with Crippen LogP contribution in [0.3, 0.4) is 0 Å². The molecule has 2 unspecified atom stereocenters. The monoisotopic (exact) mass is 881 g/mol. The maximum absolute atomic E-state index is 9.47. The minimum Gasteiger partial charge on any atom is -0.395 e. The van der Waals surface area contributed by atoms with E-state index in [9.17, 15) is 5.11 Å². The Morgan fingerprint density at radius 2 is 1.60 bits per heavy atom. The average Bonchev–Trinajstić information content (AvgIpc) is 3.73. The van der Waals surface area contributed by atoms with E-state index in [4.69, 9.17) is 15.9 Å². The molecule has 17 heteroatoms. The lowest BCUT2D eigenvalue weighted by Crippen LogP contribution is -2.38. The van der Waals surface area contributed by atoms with Crippen molar-refractivity contribution in [2.45, 2.75) is 59.3 Å². The lowest BCUT2D eigenvalue weighted by molar-refractivity contribution is 0.122. The SMILES string of the molecule is CCCCN(CCO)c1ccc2c(N3CCCC(CN=C(N)SC(C)=N)C3)ncnc2c1.Cc1cc(NCC2CCCN(c3ncnc4cc(N5CCOCC5)ccc34)C2)sn1. The first-order valence-corrected chi connectivity index (χ1v) is 23.7. The summed E-state index contributed by atoms with van der Waals surface area (Å²) in [6.45, 7) is 16.6. The fourth-order valence-electron chi connectivity index (χ4n) is 8.55. The molecule has 3 fully saturated rings. The van der Waals surface area contributed by atoms with Crippen LogP contribution < -0.4 is 30.7 Å². The third-order valence-electron chi connectivity index (χ3n) is 11.7. The molecule has 3 aliphatic rings. The molecule has 332 valence electrons. The molecule has 0 amide bonds. The molecule has 2 atom stereocenters. The molecule has 3 aliphatic heterocycles. The zero-order chi connectivity index (χ0) is 43.3. The molecular formula is C45H63N13O2S2. The standard InChI is InChI=1S/C23H35N7OS.C22H28N6OS/c1-3-4-9-29(11-12-31)19-7-8-20-21(13-19)27-16-28-22(20)30-10-5-6-18(15-30)14-26-23(25)32-17(2)24;1-16-11-21(30-26-16)23-13-17-3-2-6-28(14-17)22-19-5-4-18(12-20(19)24-15-25-22)27-7-9-29-10-8-27/h7-8,13,16,18,24,31H,3-6,9-12,14-15H2,1-2H3,(H2,25,26);4-5,11-12,15,17,23H,2-3,6-10,13-14H2,1H3. The number of hydrogen-bond acceptors (Lipinski definition) is 16. The van der Waals surface area contributed by atoms with E-state index >= 15 is 0 Å². The topological polar surface area (TPSA) is 181 Å². The van der Waals surface area contributed by atoms with Gasteiger partial charge in [0.05, 0.1) is 41.6 Å². The smallest absolute Gasteiger partial charge is 0.159 e. The highest BCUT2D eigenvalue weighted by Crippen LogP contribution is 2.32. The first-order chi connectivity index (χ1) is 30.3. The Kier molecular flexibility index (Phi) is 16.4. The van der Waals surface area contributed by atoms with Gasteiger partial charge in [-0.15, -0.1) is 0 Å². The zero-order valence-electron chi connectivity index (χ0n) is 36.5. The lowest BCUT2D eigenvalue weighted by atomic mass is 9.97. The number of aliphatic hydroxyl groups excluding tert-OH is 1. The summed E-state index contributed by atoms with van der Waals surface area (Å²) in [5.41, 5.74) is 11.3. The molecular weight excluding hydrogens is 819 g/mol. The lowest BCUT2D eigenvalue weighted by Gasteiger charge is -2.34. The van der Waals surface area contributed by atoms with E-state index in [0.29, 0.717) is 35.1 Å². The number of ether oxygens (including phenoxy) is 1. The van der Waals surface area contributed by atoms with Crippen molar-refractivity contribution in [2.75, 3.05) is 110 Å². The molecule has 0 saturated carbocycles. The van der Waals surface area contributed by atoms with Gasteiger partial charge in [-0.3, -0.25) is 10.4 Å². The van der Waals surface area contributed by atoms with Crippen LogP contribution in [0.15, 0.2) is 60.1 Å². The molecule has 0 spiro atoms. The highest BCUT2D eigenvalue weighted by Gasteiger charge is 2.25. The zero-order valence-corrected chi connectivity index (χ0v) is 38.1. The van der Waals surface area contributed by atoms with Gasteiger partial charge in [0.2, 0.25) is 0 Å². The third kappa shape index (κ3) is 12.2. The molecule has 0 aliphatic carbocycles. The highest BCUT2D eigenvalue weighted by atomic mass is 32.2. The van der Waals surface area contributed by atoms with Gasteiger partial charge in [0.25, 0.3) is 0 Å². The Morgan fingerprint density at radius 3 is 2.26 bits per heavy atom. The Labute approximate surface area is 374 Å². The number of nitrogens with zero attached hydrogens (tertiary/aromatic N) is 10. The molecule has 6 heterocycles. The van der Waals surface area contributed by atoms with Crippen LogP contribution >= 0.6 is 23.3 Å². The van der Waals surface area contributed by atoms with Crippen molar-refractivity contribution in [3.63, 3.8) is 0 Å². The number of nitrogens with two attached hydrogens (primary N) is 1. The summed E-state index contributed by atoms with van der Waals surface area (Å²) < 4.78 is 9.84. The number of hydrogen-bond donors (Lipinski definition) is 4. The first-order valence-electron chi connectivity index (χ1n) is 22.2. The maximum Gasteiger partial charge on any atom is 0.159 e. The van der Waals surface area contributed by atoms with Crippen molar-refractivity contribution in [1.82, 2.24) is 24.3 Å². The van der Waals surface area contributed by atoms with Crippen LogP contribution in [0.1, 0.15) is 58.1 Å². The number of rotatable bonds is 14. The number of unbranched alkanes of at least 4 members (excludes halogenated alkanes) is 1. The molecule has 2 aromatic carbocycles. The summed E-state index contributed by atoms with van der Waals surface area (Å²) in [4.78, 5) is 32.3. The number of morpholine rings is 1. The van der Waals surface area contributed by atoms with E-state index in [1.54, 1.807) is 31.1 Å². The van der Waals surface area contributed by atoms with E-state index < -0.39 is 0 Å². The van der Waals surface area contributed by atoms with Gasteiger partial charge in [-0.05, 0) is 124 Å². The molecule has 0 radical (unpaired) electrons. The minimum absolute atomic E-state index is 0.136. The summed E-state index contributed by atoms with van der Waals surface area (Å²) in [5.74, 6) is 3.04. The number of aromatic nitrogens is 5. The van der Waals surface area contributed by atoms with E-state index in [1.807, 2.05) is 6.92 Å². The number of nitrogens with one attached hydrogen (secondary N) is 2. The number of anilines is 5. The fraction of sp³-hybridized carbons (Fsp3) is 0.533. The van der Waals surface area contributed by atoms with Crippen molar-refractivity contribution in [1.29, 1.82) is 5.41 Å². The van der Waals surface area contributed by atoms with Crippen LogP contribution in [0.4, 0.5) is 28.0 Å². The van der Waals surface area contributed by atoms with E-state index in [0.717, 1.165) is 141 Å². The van der Waals surface area contributed by atoms with Crippen LogP contribution in [0, 0.1) is 24.2 Å². The van der Waals surface area contributed by atoms with Crippen molar-refractivity contribution in [2.24, 2.45) is 22.6 Å². The first kappa shape index (κ1) is 45.2. The minimum atomic E-state index is 0.136. The molecule has 0 bridgehead atoms. The van der Waals surface area contributed by atoms with Gasteiger partial charge in [0, 0.05) is 87.6 Å². The highest BCUT2D eigenvalue weighted by molar-refractivity contribution is 8.26. The molecule has 62 heavy (non-hydrogen) atoms. The molecule has 8 rings (SSSR count). The van der Waals surface area contributed by atoms with E-state index in [1.165, 1.54) is 30.3 Å². The van der Waals surface area contributed by atoms with Gasteiger partial charge in [-0.1, -0.05) is 13.3 Å². The van der Waals surface area contributed by atoms with Gasteiger partial charge < -0.3 is 40.5 Å². The number of aliphatic hydroxyl groups is 1. The second-order valence-electron chi connectivity index (χ2n) is 16.4. The molecule has 15 nitrogen and oxygen atoms in total. The molecule has 5 aromatic rings. The number of benzene rings is 2. The fourth-order valence-corrected chi connectivity index (χ4v) is 9.67. The van der Waals surface area contributed by atoms with Gasteiger partial charge in [0.15, 0.2) is 5.17 Å². The third-order valence-corrected chi connectivity index (χ3v) is 13.2. The second kappa shape index (κ2) is 22.5. The molecule has 5 N–H and O–H groups in total. The van der Waals surface area contributed by atoms with Crippen molar-refractivity contribution < 1.29 is 9.84 Å². The maximum atomic E-state index is 9.47. The average molecular weight is 882 g/mol. The Morgan fingerprint density at radius 1 is 0.919 bits per heavy atom. The number of aryl methyl sites for hydroxylation is 1. The number of piperidine rings is 2. The van der Waals surface area contributed by atoms with Gasteiger partial charge >= 0.3 is 0 Å². The quantitative estimate of drug-likeness (QED) is 0.0658. The van der Waals surface area contributed by atoms with Crippen LogP contribution in [0.2, 0.25) is 0 Å². The van der Waals surface area contributed by atoms with Crippen molar-refractivity contribution in [3.05, 3.63) is 60.8 Å². The van der Waals surface area contributed by atoms with Crippen LogP contribution in [0.25, 0.3) is 21.8 Å². The summed E-state index contributed by atoms with van der Waals surface area (Å²) in [6, 6.07) is 15.0. The summed E-state index contributed by atoms with van der Waals surface area (Å²) in [6.07, 6.45) is 10.2. The molecule has 3 saturated heterocycles. The van der Waals surface area contributed by atoms with E-state index in [-0.39, 0.29) is 6.61 Å². The predicted octanol–water partition coefficient (Wildman–Crippen LogP) is 7.05. The summed E-state index contributed by atoms with van der Waals surface area (Å²) in [5, 5.41) is 24.8. The summed E-state index contributed by atoms with van der Waals surface area (Å²) >= 11 is 2.75. The van der Waals surface area contributed by atoms with Gasteiger partial charge in [-0.2, -0.15) is 4.37 Å². The largest absolute Gasteiger partial charge is 0.395 e. The number of thioether (sulfide) groups is 1. The van der Waals surface area contributed by atoms with Crippen LogP contribution in [-0.4, -0.2) is 125 Å². The predicted molar refractivity (Wildman–Crippen MR) is 259 cm³/mol. The normalized spacial score (nSPS) is 18.5. The Hall–Kier alpha value is -4.84. The number of amidine groups is 1. The Balaban J connectivity index is 0.000000187. The number of aliphatic imine (C=N–C) groups is 1.